The predicted octanol–water partition coefficient (Wildman–Crippen LogP) is 3.40. The van der Waals surface area contributed by atoms with E-state index in [9.17, 15) is 4.79 Å². The van der Waals surface area contributed by atoms with Crippen molar-refractivity contribution >= 4 is 34.0 Å². The molecule has 27 heavy (non-hydrogen) atoms. The molecule has 144 valence electrons. The lowest BCUT2D eigenvalue weighted by atomic mass is 10.1. The molecule has 7 nitrogen and oxygen atoms in total. The summed E-state index contributed by atoms with van der Waals surface area (Å²) in [5.74, 6) is 0.331. The molecule has 0 radical (unpaired) electrons. The summed E-state index contributed by atoms with van der Waals surface area (Å²) in [6.07, 6.45) is 0.529. The average molecular weight is 370 g/mol. The monoisotopic (exact) mass is 370 g/mol. The Kier molecular flexibility index (Phi) is 5.60. The van der Waals surface area contributed by atoms with Crippen LogP contribution in [-0.2, 0) is 16.0 Å². The van der Waals surface area contributed by atoms with E-state index >= 15 is 0 Å². The number of carbonyl (C=O) groups excluding carboxylic acids is 1. The van der Waals surface area contributed by atoms with Crippen molar-refractivity contribution in [1.29, 1.82) is 0 Å². The van der Waals surface area contributed by atoms with Crippen LogP contribution in [0.3, 0.4) is 0 Å². The second-order valence-electron chi connectivity index (χ2n) is 7.15. The van der Waals surface area contributed by atoms with Gasteiger partial charge < -0.3 is 19.8 Å². The quantitative estimate of drug-likeness (QED) is 0.641. The Morgan fingerprint density at radius 2 is 1.85 bits per heavy atom. The third-order valence-corrected chi connectivity index (χ3v) is 4.44. The van der Waals surface area contributed by atoms with E-state index in [0.29, 0.717) is 41.6 Å². The summed E-state index contributed by atoms with van der Waals surface area (Å²) in [6.45, 7) is 7.03. The molecule has 0 aliphatic carbocycles. The van der Waals surface area contributed by atoms with Gasteiger partial charge in [0.05, 0.1) is 17.6 Å². The number of hydrogen-bond acceptors (Lipinski definition) is 6. The van der Waals surface area contributed by atoms with Crippen molar-refractivity contribution in [3.8, 4) is 0 Å². The van der Waals surface area contributed by atoms with E-state index in [0.717, 1.165) is 11.9 Å². The van der Waals surface area contributed by atoms with Gasteiger partial charge in [0.25, 0.3) is 0 Å². The van der Waals surface area contributed by atoms with E-state index in [1.54, 1.807) is 14.0 Å². The van der Waals surface area contributed by atoms with Gasteiger partial charge >= 0.3 is 5.97 Å². The largest absolute Gasteiger partial charge is 0.456 e. The topological polar surface area (TPSA) is 92.3 Å². The van der Waals surface area contributed by atoms with Gasteiger partial charge in [-0.1, -0.05) is 26.0 Å². The second-order valence-corrected chi connectivity index (χ2v) is 7.15. The molecule has 0 aliphatic heterocycles. The summed E-state index contributed by atoms with van der Waals surface area (Å²) in [7, 11) is 1.56. The zero-order valence-electron chi connectivity index (χ0n) is 16.2. The number of nitrogens with two attached hydrogens (primary N) is 1. The maximum Gasteiger partial charge on any atom is 0.344 e. The van der Waals surface area contributed by atoms with Crippen LogP contribution < -0.4 is 5.73 Å². The summed E-state index contributed by atoms with van der Waals surface area (Å²) in [5, 5.41) is 0. The summed E-state index contributed by atoms with van der Waals surface area (Å²) in [4.78, 5) is 22.2. The van der Waals surface area contributed by atoms with Crippen molar-refractivity contribution in [3.63, 3.8) is 0 Å². The fourth-order valence-corrected chi connectivity index (χ4v) is 3.04. The maximum atomic E-state index is 12.8. The second kappa shape index (κ2) is 7.92. The number of esters is 1. The Labute approximate surface area is 158 Å². The molecular formula is C20H26N4O3. The van der Waals surface area contributed by atoms with Crippen LogP contribution in [-0.4, -0.2) is 40.3 Å². The molecule has 0 saturated carbocycles. The summed E-state index contributed by atoms with van der Waals surface area (Å²) >= 11 is 0. The van der Waals surface area contributed by atoms with E-state index in [1.807, 2.05) is 28.8 Å². The van der Waals surface area contributed by atoms with Crippen molar-refractivity contribution in [3.05, 3.63) is 29.8 Å². The number of nitrogens with zero attached hydrogens (tertiary/aromatic N) is 3. The summed E-state index contributed by atoms with van der Waals surface area (Å²) in [6, 6.07) is 7.57. The van der Waals surface area contributed by atoms with Crippen LogP contribution in [0.25, 0.3) is 22.2 Å². The highest BCUT2D eigenvalue weighted by Gasteiger charge is 2.26. The number of nitrogen functional groups attached to an aromatic ring is 1. The van der Waals surface area contributed by atoms with Crippen LogP contribution in [0.2, 0.25) is 0 Å². The SMILES string of the molecule is COC[C@H](C)OC(=O)c1c(N)n(CCC(C)C)c2nc3ccccc3nc12. The number of anilines is 1. The molecule has 7 heteroatoms. The molecule has 0 bridgehead atoms. The van der Waals surface area contributed by atoms with Gasteiger partial charge in [-0.2, -0.15) is 0 Å². The maximum absolute atomic E-state index is 12.8. The Balaban J connectivity index is 2.14. The highest BCUT2D eigenvalue weighted by Crippen LogP contribution is 2.29. The smallest absolute Gasteiger partial charge is 0.344 e. The fraction of sp³-hybridized carbons (Fsp3) is 0.450. The molecule has 2 heterocycles. The lowest BCUT2D eigenvalue weighted by Gasteiger charge is -2.12. The van der Waals surface area contributed by atoms with Gasteiger partial charge in [-0.15, -0.1) is 0 Å². The zero-order chi connectivity index (χ0) is 19.6. The number of aryl methyl sites for hydroxylation is 1. The summed E-state index contributed by atoms with van der Waals surface area (Å²) < 4.78 is 12.4. The van der Waals surface area contributed by atoms with Gasteiger partial charge in [-0.3, -0.25) is 0 Å². The Morgan fingerprint density at radius 3 is 2.48 bits per heavy atom. The molecule has 0 saturated heterocycles. The van der Waals surface area contributed by atoms with Gasteiger partial charge in [0.15, 0.2) is 5.65 Å². The minimum atomic E-state index is -0.505. The number of hydrogen-bond donors (Lipinski definition) is 1. The van der Waals surface area contributed by atoms with E-state index in [4.69, 9.17) is 20.2 Å². The van der Waals surface area contributed by atoms with Gasteiger partial charge in [-0.25, -0.2) is 14.8 Å². The molecule has 1 aromatic carbocycles. The van der Waals surface area contributed by atoms with Crippen LogP contribution in [0.4, 0.5) is 5.82 Å². The molecule has 1 atom stereocenters. The van der Waals surface area contributed by atoms with Crippen molar-refractivity contribution in [1.82, 2.24) is 14.5 Å². The number of fused-ring (bicyclic) bond motifs is 2. The first-order valence-corrected chi connectivity index (χ1v) is 9.16. The van der Waals surface area contributed by atoms with Crippen LogP contribution in [0, 0.1) is 5.92 Å². The lowest BCUT2D eigenvalue weighted by Crippen LogP contribution is -2.20. The number of carbonyl (C=O) groups is 1. The fourth-order valence-electron chi connectivity index (χ4n) is 3.04. The number of para-hydroxylation sites is 2. The van der Waals surface area contributed by atoms with Crippen molar-refractivity contribution in [2.75, 3.05) is 19.5 Å². The Bertz CT molecular complexity index is 965. The van der Waals surface area contributed by atoms with E-state index < -0.39 is 5.97 Å². The summed E-state index contributed by atoms with van der Waals surface area (Å²) in [5.41, 5.74) is 9.20. The molecule has 2 aromatic heterocycles. The van der Waals surface area contributed by atoms with Crippen LogP contribution in [0.5, 0.6) is 0 Å². The van der Waals surface area contributed by atoms with E-state index in [-0.39, 0.29) is 11.7 Å². The first-order valence-electron chi connectivity index (χ1n) is 9.16. The standard InChI is InChI=1S/C20H26N4O3/c1-12(2)9-10-24-18(21)16(20(25)27-13(3)11-26-4)17-19(24)23-15-8-6-5-7-14(15)22-17/h5-8,12-13H,9-11,21H2,1-4H3/t13-/m0/s1. The normalized spacial score (nSPS) is 12.8. The molecule has 3 aromatic rings. The number of benzene rings is 1. The van der Waals surface area contributed by atoms with E-state index in [2.05, 4.69) is 18.8 Å². The minimum absolute atomic E-state index is 0.273. The highest BCUT2D eigenvalue weighted by molar-refractivity contribution is 6.08. The van der Waals surface area contributed by atoms with Gasteiger partial charge in [0, 0.05) is 13.7 Å². The number of rotatable bonds is 7. The first-order chi connectivity index (χ1) is 12.9. The lowest BCUT2D eigenvalue weighted by molar-refractivity contribution is 0.0123. The van der Waals surface area contributed by atoms with Crippen molar-refractivity contribution in [2.24, 2.45) is 5.92 Å². The molecule has 3 rings (SSSR count). The zero-order valence-corrected chi connectivity index (χ0v) is 16.2. The van der Waals surface area contributed by atoms with Gasteiger partial charge in [-0.05, 0) is 31.4 Å². The molecule has 0 spiro atoms. The van der Waals surface area contributed by atoms with Crippen LogP contribution >= 0.6 is 0 Å². The van der Waals surface area contributed by atoms with Gasteiger partial charge in [0.1, 0.15) is 23.0 Å². The molecule has 0 amide bonds. The molecule has 0 unspecified atom stereocenters. The van der Waals surface area contributed by atoms with Crippen molar-refractivity contribution in [2.45, 2.75) is 39.8 Å². The average Bonchev–Trinajstić information content (AvgIpc) is 2.88. The highest BCUT2D eigenvalue weighted by atomic mass is 16.6. The van der Waals surface area contributed by atoms with E-state index in [1.165, 1.54) is 0 Å². The minimum Gasteiger partial charge on any atom is -0.456 e. The number of methoxy groups -OCH3 is 1. The van der Waals surface area contributed by atoms with Gasteiger partial charge in [0.2, 0.25) is 0 Å². The predicted molar refractivity (Wildman–Crippen MR) is 106 cm³/mol. The molecular weight excluding hydrogens is 344 g/mol. The Morgan fingerprint density at radius 1 is 1.19 bits per heavy atom. The van der Waals surface area contributed by atoms with Crippen molar-refractivity contribution < 1.29 is 14.3 Å². The third kappa shape index (κ3) is 3.88. The molecule has 0 aliphatic rings. The Hall–Kier alpha value is -2.67. The molecule has 2 N–H and O–H groups in total. The van der Waals surface area contributed by atoms with Crippen LogP contribution in [0.15, 0.2) is 24.3 Å². The number of ether oxygens (including phenoxy) is 2. The molecule has 0 fully saturated rings. The first kappa shape index (κ1) is 19.1. The van der Waals surface area contributed by atoms with Crippen LogP contribution in [0.1, 0.15) is 37.6 Å². The number of aromatic nitrogens is 3. The third-order valence-electron chi connectivity index (χ3n) is 4.44.